The van der Waals surface area contributed by atoms with Gasteiger partial charge >= 0.3 is 5.97 Å². The van der Waals surface area contributed by atoms with Gasteiger partial charge in [0.15, 0.2) is 0 Å². The van der Waals surface area contributed by atoms with Crippen LogP contribution in [0, 0.1) is 10.1 Å². The topological polar surface area (TPSA) is 101 Å². The number of likely N-dealkylation sites (tertiary alicyclic amines) is 1. The van der Waals surface area contributed by atoms with Gasteiger partial charge in [0.1, 0.15) is 0 Å². The minimum Gasteiger partial charge on any atom is -0.478 e. The van der Waals surface area contributed by atoms with E-state index in [1.54, 1.807) is 4.90 Å². The molecule has 0 bridgehead atoms. The van der Waals surface area contributed by atoms with Gasteiger partial charge in [-0.2, -0.15) is 0 Å². The molecule has 1 aliphatic rings. The maximum Gasteiger partial charge on any atom is 0.335 e. The third-order valence-corrected chi connectivity index (χ3v) is 5.26. The molecule has 2 aromatic rings. The Morgan fingerprint density at radius 2 is 1.78 bits per heavy atom. The summed E-state index contributed by atoms with van der Waals surface area (Å²) in [6.45, 7) is 4.42. The lowest BCUT2D eigenvalue weighted by molar-refractivity contribution is -0.384. The van der Waals surface area contributed by atoms with Crippen LogP contribution in [-0.2, 0) is 0 Å². The normalized spacial score (nSPS) is 18.3. The Hall–Kier alpha value is -3.22. The number of nitro benzene ring substituents is 1. The highest BCUT2D eigenvalue weighted by molar-refractivity contribution is 5.99. The minimum atomic E-state index is -1.31. The monoisotopic (exact) mass is 368 g/mol. The third kappa shape index (κ3) is 3.40. The molecule has 0 aliphatic carbocycles. The molecule has 0 aromatic heterocycles. The Balaban J connectivity index is 1.97. The van der Waals surface area contributed by atoms with Crippen LogP contribution in [0.15, 0.2) is 48.5 Å². The molecule has 1 aliphatic heterocycles. The van der Waals surface area contributed by atoms with Crippen LogP contribution < -0.4 is 0 Å². The molecule has 0 spiro atoms. The number of nitro groups is 1. The van der Waals surface area contributed by atoms with E-state index in [1.807, 2.05) is 44.2 Å². The van der Waals surface area contributed by atoms with Crippen LogP contribution in [0.2, 0.25) is 0 Å². The predicted octanol–water partition coefficient (Wildman–Crippen LogP) is 3.70. The summed E-state index contributed by atoms with van der Waals surface area (Å²) in [6, 6.07) is 13.2. The molecule has 1 saturated heterocycles. The zero-order valence-electron chi connectivity index (χ0n) is 15.1. The zero-order chi connectivity index (χ0) is 19.8. The van der Waals surface area contributed by atoms with Crippen LogP contribution in [0.5, 0.6) is 0 Å². The van der Waals surface area contributed by atoms with Crippen molar-refractivity contribution in [3.8, 4) is 0 Å². The molecule has 7 heteroatoms. The fraction of sp³-hybridized carbons (Fsp3) is 0.300. The number of rotatable bonds is 4. The number of carbonyl (C=O) groups is 2. The molecule has 0 radical (unpaired) electrons. The fourth-order valence-corrected chi connectivity index (χ4v) is 3.83. The SMILES string of the molecule is CC1(C)C(c2ccccc2)CCN1C(=O)c1cc(C(=O)O)cc([N+](=O)[O-])c1. The van der Waals surface area contributed by atoms with E-state index in [2.05, 4.69) is 0 Å². The number of hydrogen-bond donors (Lipinski definition) is 1. The molecule has 7 nitrogen and oxygen atoms in total. The number of nitrogens with zero attached hydrogens (tertiary/aromatic N) is 2. The van der Waals surface area contributed by atoms with Gasteiger partial charge < -0.3 is 10.0 Å². The molecule has 1 fully saturated rings. The molecular weight excluding hydrogens is 348 g/mol. The standard InChI is InChI=1S/C20H20N2O5/c1-20(2)17(13-6-4-3-5-7-13)8-9-21(20)18(23)14-10-15(19(24)25)12-16(11-14)22(26)27/h3-7,10-12,17H,8-9H2,1-2H3,(H,24,25). The molecule has 0 saturated carbocycles. The summed E-state index contributed by atoms with van der Waals surface area (Å²) in [4.78, 5) is 36.5. The lowest BCUT2D eigenvalue weighted by Crippen LogP contribution is -2.45. The number of carboxylic acid groups (broad SMARTS) is 1. The van der Waals surface area contributed by atoms with Gasteiger partial charge in [0.25, 0.3) is 11.6 Å². The van der Waals surface area contributed by atoms with Gasteiger partial charge in [0.2, 0.25) is 0 Å². The maximum absolute atomic E-state index is 13.1. The number of aromatic carboxylic acids is 1. The van der Waals surface area contributed by atoms with Crippen LogP contribution in [0.3, 0.4) is 0 Å². The molecule has 1 unspecified atom stereocenters. The second-order valence-electron chi connectivity index (χ2n) is 7.19. The number of non-ortho nitro benzene ring substituents is 1. The van der Waals surface area contributed by atoms with Crippen molar-refractivity contribution in [2.75, 3.05) is 6.54 Å². The lowest BCUT2D eigenvalue weighted by atomic mass is 9.82. The first-order valence-electron chi connectivity index (χ1n) is 8.61. The summed E-state index contributed by atoms with van der Waals surface area (Å²) in [6.07, 6.45) is 0.767. The van der Waals surface area contributed by atoms with E-state index >= 15 is 0 Å². The molecule has 1 atom stereocenters. The average molecular weight is 368 g/mol. The number of benzene rings is 2. The van der Waals surface area contributed by atoms with Gasteiger partial charge in [-0.25, -0.2) is 4.79 Å². The summed E-state index contributed by atoms with van der Waals surface area (Å²) in [5.41, 5.74) is -0.0441. The van der Waals surface area contributed by atoms with Crippen LogP contribution in [0.25, 0.3) is 0 Å². The number of hydrogen-bond acceptors (Lipinski definition) is 4. The molecule has 1 heterocycles. The average Bonchev–Trinajstić information content (AvgIpc) is 2.96. The predicted molar refractivity (Wildman–Crippen MR) is 99.0 cm³/mol. The smallest absolute Gasteiger partial charge is 0.335 e. The van der Waals surface area contributed by atoms with Gasteiger partial charge in [-0.3, -0.25) is 14.9 Å². The van der Waals surface area contributed by atoms with Gasteiger partial charge in [0.05, 0.1) is 10.5 Å². The highest BCUT2D eigenvalue weighted by atomic mass is 16.6. The summed E-state index contributed by atoms with van der Waals surface area (Å²) in [5, 5.41) is 20.3. The molecule has 1 amide bonds. The van der Waals surface area contributed by atoms with E-state index in [0.29, 0.717) is 6.54 Å². The van der Waals surface area contributed by atoms with Crippen molar-refractivity contribution in [3.05, 3.63) is 75.3 Å². The molecule has 3 rings (SSSR count). The van der Waals surface area contributed by atoms with Crippen molar-refractivity contribution in [2.24, 2.45) is 0 Å². The van der Waals surface area contributed by atoms with Crippen molar-refractivity contribution in [1.29, 1.82) is 0 Å². The second-order valence-corrected chi connectivity index (χ2v) is 7.19. The van der Waals surface area contributed by atoms with Gasteiger partial charge in [-0.15, -0.1) is 0 Å². The lowest BCUT2D eigenvalue weighted by Gasteiger charge is -2.36. The maximum atomic E-state index is 13.1. The summed E-state index contributed by atoms with van der Waals surface area (Å²) in [5.74, 6) is -1.58. The number of carbonyl (C=O) groups excluding carboxylic acids is 1. The van der Waals surface area contributed by atoms with Crippen molar-refractivity contribution in [2.45, 2.75) is 31.7 Å². The van der Waals surface area contributed by atoms with Gasteiger partial charge in [-0.05, 0) is 31.9 Å². The molecule has 27 heavy (non-hydrogen) atoms. The summed E-state index contributed by atoms with van der Waals surface area (Å²) >= 11 is 0. The number of amides is 1. The van der Waals surface area contributed by atoms with Crippen molar-refractivity contribution < 1.29 is 19.6 Å². The van der Waals surface area contributed by atoms with Crippen LogP contribution in [0.4, 0.5) is 5.69 Å². The first-order chi connectivity index (χ1) is 12.7. The van der Waals surface area contributed by atoms with Gasteiger partial charge in [-0.1, -0.05) is 30.3 Å². The largest absolute Gasteiger partial charge is 0.478 e. The quantitative estimate of drug-likeness (QED) is 0.655. The Morgan fingerprint density at radius 1 is 1.15 bits per heavy atom. The van der Waals surface area contributed by atoms with E-state index in [1.165, 1.54) is 6.07 Å². The van der Waals surface area contributed by atoms with Crippen molar-refractivity contribution in [3.63, 3.8) is 0 Å². The third-order valence-electron chi connectivity index (χ3n) is 5.26. The van der Waals surface area contributed by atoms with Crippen LogP contribution >= 0.6 is 0 Å². The van der Waals surface area contributed by atoms with Crippen molar-refractivity contribution in [1.82, 2.24) is 4.90 Å². The van der Waals surface area contributed by atoms with Gasteiger partial charge in [0, 0.05) is 35.7 Å². The molecule has 1 N–H and O–H groups in total. The van der Waals surface area contributed by atoms with E-state index in [0.717, 1.165) is 24.1 Å². The Morgan fingerprint density at radius 3 is 2.37 bits per heavy atom. The van der Waals surface area contributed by atoms with E-state index in [4.69, 9.17) is 0 Å². The second kappa shape index (κ2) is 6.83. The first-order valence-corrected chi connectivity index (χ1v) is 8.61. The van der Waals surface area contributed by atoms with E-state index in [9.17, 15) is 24.8 Å². The van der Waals surface area contributed by atoms with E-state index in [-0.39, 0.29) is 17.0 Å². The summed E-state index contributed by atoms with van der Waals surface area (Å²) in [7, 11) is 0. The zero-order valence-corrected chi connectivity index (χ0v) is 15.1. The van der Waals surface area contributed by atoms with Crippen molar-refractivity contribution >= 4 is 17.6 Å². The fourth-order valence-electron chi connectivity index (χ4n) is 3.83. The summed E-state index contributed by atoms with van der Waals surface area (Å²) < 4.78 is 0. The Labute approximate surface area is 156 Å². The minimum absolute atomic E-state index is 0.0170. The molecule has 140 valence electrons. The van der Waals surface area contributed by atoms with E-state index < -0.39 is 28.0 Å². The highest BCUT2D eigenvalue weighted by Crippen LogP contribution is 2.42. The van der Waals surface area contributed by atoms with Crippen LogP contribution in [-0.4, -0.2) is 38.9 Å². The Bertz CT molecular complexity index is 876. The molecule has 2 aromatic carbocycles. The van der Waals surface area contributed by atoms with Crippen LogP contribution in [0.1, 0.15) is 52.5 Å². The Kier molecular flexibility index (Phi) is 4.70. The first kappa shape index (κ1) is 18.6. The highest BCUT2D eigenvalue weighted by Gasteiger charge is 2.44. The molecular formula is C20H20N2O5. The number of carboxylic acids is 1.